The Kier molecular flexibility index (Phi) is 3.49. The molecule has 0 amide bonds. The number of hydrogen-bond acceptors (Lipinski definition) is 3. The summed E-state index contributed by atoms with van der Waals surface area (Å²) in [6.07, 6.45) is 0.977. The maximum absolute atomic E-state index is 11.2. The molecule has 4 nitrogen and oxygen atoms in total. The van der Waals surface area contributed by atoms with Gasteiger partial charge in [0.05, 0.1) is 5.75 Å². The molecule has 1 unspecified atom stereocenters. The van der Waals surface area contributed by atoms with E-state index in [1.165, 1.54) is 0 Å². The van der Waals surface area contributed by atoms with E-state index in [4.69, 9.17) is 0 Å². The van der Waals surface area contributed by atoms with Gasteiger partial charge in [0.1, 0.15) is 0 Å². The van der Waals surface area contributed by atoms with Gasteiger partial charge in [0.2, 0.25) is 10.0 Å². The highest BCUT2D eigenvalue weighted by atomic mass is 32.2. The lowest BCUT2D eigenvalue weighted by molar-refractivity contribution is 0.559. The van der Waals surface area contributed by atoms with Gasteiger partial charge >= 0.3 is 0 Å². The maximum atomic E-state index is 11.2. The first-order valence-electron chi connectivity index (χ1n) is 4.32. The highest BCUT2D eigenvalue weighted by Gasteiger charge is 2.21. The van der Waals surface area contributed by atoms with Gasteiger partial charge in [0.25, 0.3) is 0 Å². The molecule has 0 saturated carbocycles. The molecule has 1 atom stereocenters. The quantitative estimate of drug-likeness (QED) is 0.633. The van der Waals surface area contributed by atoms with E-state index in [0.29, 0.717) is 12.5 Å². The van der Waals surface area contributed by atoms with E-state index >= 15 is 0 Å². The molecule has 0 radical (unpaired) electrons. The standard InChI is InChI=1S/C7H16N2O2S/c1-2-9-12(10,11)6-7-3-4-8-5-7/h7-9H,2-6H2,1H3. The summed E-state index contributed by atoms with van der Waals surface area (Å²) in [7, 11) is -3.01. The van der Waals surface area contributed by atoms with Crippen LogP contribution in [-0.4, -0.2) is 33.8 Å². The second kappa shape index (κ2) is 4.20. The number of hydrogen-bond donors (Lipinski definition) is 2. The molecule has 2 N–H and O–H groups in total. The van der Waals surface area contributed by atoms with Crippen LogP contribution < -0.4 is 10.0 Å². The Hall–Kier alpha value is -0.130. The van der Waals surface area contributed by atoms with Crippen molar-refractivity contribution >= 4 is 10.0 Å². The van der Waals surface area contributed by atoms with Gasteiger partial charge in [0.15, 0.2) is 0 Å². The Balaban J connectivity index is 2.38. The van der Waals surface area contributed by atoms with Gasteiger partial charge in [-0.25, -0.2) is 13.1 Å². The molecular formula is C7H16N2O2S. The monoisotopic (exact) mass is 192 g/mol. The summed E-state index contributed by atoms with van der Waals surface area (Å²) in [5, 5.41) is 3.14. The normalized spacial score (nSPS) is 24.6. The van der Waals surface area contributed by atoms with Gasteiger partial charge in [-0.05, 0) is 25.4 Å². The third-order valence-corrected chi connectivity index (χ3v) is 3.62. The van der Waals surface area contributed by atoms with Crippen LogP contribution in [0.15, 0.2) is 0 Å². The maximum Gasteiger partial charge on any atom is 0.211 e. The topological polar surface area (TPSA) is 58.2 Å². The number of nitrogens with one attached hydrogen (secondary N) is 2. The predicted molar refractivity (Wildman–Crippen MR) is 48.4 cm³/mol. The van der Waals surface area contributed by atoms with E-state index in [2.05, 4.69) is 10.0 Å². The van der Waals surface area contributed by atoms with Crippen molar-refractivity contribution in [3.63, 3.8) is 0 Å². The van der Waals surface area contributed by atoms with Crippen molar-refractivity contribution in [3.8, 4) is 0 Å². The molecule has 12 heavy (non-hydrogen) atoms. The molecular weight excluding hydrogens is 176 g/mol. The molecule has 0 aromatic heterocycles. The molecule has 1 fully saturated rings. The summed E-state index contributed by atoms with van der Waals surface area (Å²) >= 11 is 0. The van der Waals surface area contributed by atoms with Crippen LogP contribution >= 0.6 is 0 Å². The fraction of sp³-hybridized carbons (Fsp3) is 1.00. The highest BCUT2D eigenvalue weighted by molar-refractivity contribution is 7.89. The fourth-order valence-corrected chi connectivity index (χ4v) is 2.91. The van der Waals surface area contributed by atoms with Crippen molar-refractivity contribution in [1.29, 1.82) is 0 Å². The lowest BCUT2D eigenvalue weighted by atomic mass is 10.2. The van der Waals surface area contributed by atoms with E-state index in [1.807, 2.05) is 0 Å². The van der Waals surface area contributed by atoms with E-state index < -0.39 is 10.0 Å². The van der Waals surface area contributed by atoms with Gasteiger partial charge in [-0.2, -0.15) is 0 Å². The average molecular weight is 192 g/mol. The van der Waals surface area contributed by atoms with Crippen LogP contribution in [0.4, 0.5) is 0 Å². The molecule has 0 bridgehead atoms. The molecule has 1 aliphatic rings. The first-order chi connectivity index (χ1) is 5.64. The van der Waals surface area contributed by atoms with Gasteiger partial charge < -0.3 is 5.32 Å². The Bertz CT molecular complexity index is 220. The van der Waals surface area contributed by atoms with Crippen molar-refractivity contribution in [1.82, 2.24) is 10.0 Å². The summed E-state index contributed by atoms with van der Waals surface area (Å²) in [5.74, 6) is 0.572. The largest absolute Gasteiger partial charge is 0.316 e. The van der Waals surface area contributed by atoms with Crippen LogP contribution in [0.5, 0.6) is 0 Å². The molecule has 5 heteroatoms. The van der Waals surface area contributed by atoms with Gasteiger partial charge in [-0.1, -0.05) is 6.92 Å². The van der Waals surface area contributed by atoms with E-state index in [0.717, 1.165) is 19.5 Å². The molecule has 0 spiro atoms. The summed E-state index contributed by atoms with van der Waals surface area (Å²) < 4.78 is 25.0. The summed E-state index contributed by atoms with van der Waals surface area (Å²) in [6.45, 7) is 4.07. The lowest BCUT2D eigenvalue weighted by Crippen LogP contribution is -2.30. The van der Waals surface area contributed by atoms with E-state index in [1.54, 1.807) is 6.92 Å². The molecule has 1 heterocycles. The third kappa shape index (κ3) is 3.08. The Morgan fingerprint density at radius 3 is 2.83 bits per heavy atom. The molecule has 1 rings (SSSR count). The molecule has 1 saturated heterocycles. The Labute approximate surface area is 73.8 Å². The van der Waals surface area contributed by atoms with Crippen LogP contribution in [0.1, 0.15) is 13.3 Å². The molecule has 1 aliphatic heterocycles. The minimum absolute atomic E-state index is 0.272. The summed E-state index contributed by atoms with van der Waals surface area (Å²) in [4.78, 5) is 0. The summed E-state index contributed by atoms with van der Waals surface area (Å²) in [6, 6.07) is 0. The van der Waals surface area contributed by atoms with Gasteiger partial charge in [-0.3, -0.25) is 0 Å². The molecule has 0 aromatic rings. The minimum Gasteiger partial charge on any atom is -0.316 e. The third-order valence-electron chi connectivity index (χ3n) is 1.98. The van der Waals surface area contributed by atoms with E-state index in [9.17, 15) is 8.42 Å². The minimum atomic E-state index is -3.01. The first-order valence-corrected chi connectivity index (χ1v) is 5.97. The van der Waals surface area contributed by atoms with Crippen molar-refractivity contribution in [3.05, 3.63) is 0 Å². The predicted octanol–water partition coefficient (Wildman–Crippen LogP) is -0.465. The zero-order valence-corrected chi connectivity index (χ0v) is 8.15. The highest BCUT2D eigenvalue weighted by Crippen LogP contribution is 2.09. The molecule has 72 valence electrons. The smallest absolute Gasteiger partial charge is 0.211 e. The number of rotatable bonds is 4. The van der Waals surface area contributed by atoms with Crippen LogP contribution in [-0.2, 0) is 10.0 Å². The average Bonchev–Trinajstić information content (AvgIpc) is 2.38. The Morgan fingerprint density at radius 2 is 2.33 bits per heavy atom. The zero-order chi connectivity index (χ0) is 9.03. The molecule has 0 aliphatic carbocycles. The van der Waals surface area contributed by atoms with Crippen LogP contribution in [0.2, 0.25) is 0 Å². The summed E-state index contributed by atoms with van der Waals surface area (Å²) in [5.41, 5.74) is 0. The molecule has 0 aromatic carbocycles. The van der Waals surface area contributed by atoms with Crippen molar-refractivity contribution < 1.29 is 8.42 Å². The van der Waals surface area contributed by atoms with Crippen LogP contribution in [0.3, 0.4) is 0 Å². The Morgan fingerprint density at radius 1 is 1.58 bits per heavy atom. The first kappa shape index (κ1) is 9.95. The van der Waals surface area contributed by atoms with E-state index in [-0.39, 0.29) is 5.75 Å². The fourth-order valence-electron chi connectivity index (χ4n) is 1.45. The SMILES string of the molecule is CCNS(=O)(=O)CC1CCNC1. The van der Waals surface area contributed by atoms with Crippen molar-refractivity contribution in [2.75, 3.05) is 25.4 Å². The van der Waals surface area contributed by atoms with Gasteiger partial charge in [-0.15, -0.1) is 0 Å². The number of sulfonamides is 1. The second-order valence-electron chi connectivity index (χ2n) is 3.14. The zero-order valence-electron chi connectivity index (χ0n) is 7.34. The van der Waals surface area contributed by atoms with Gasteiger partial charge in [0, 0.05) is 6.54 Å². The van der Waals surface area contributed by atoms with Crippen LogP contribution in [0.25, 0.3) is 0 Å². The lowest BCUT2D eigenvalue weighted by Gasteiger charge is -2.08. The van der Waals surface area contributed by atoms with Crippen molar-refractivity contribution in [2.24, 2.45) is 5.92 Å². The second-order valence-corrected chi connectivity index (χ2v) is 4.99. The van der Waals surface area contributed by atoms with Crippen molar-refractivity contribution in [2.45, 2.75) is 13.3 Å². The van der Waals surface area contributed by atoms with Crippen LogP contribution in [0, 0.1) is 5.92 Å².